The molecule has 2 aliphatic carbocycles. The number of nitrogens with zero attached hydrogens (tertiary/aromatic N) is 1. The van der Waals surface area contributed by atoms with Gasteiger partial charge >= 0.3 is 0 Å². The topological polar surface area (TPSA) is 49.4 Å². The van der Waals surface area contributed by atoms with Gasteiger partial charge in [-0.25, -0.2) is 0 Å². The van der Waals surface area contributed by atoms with Crippen LogP contribution in [0.4, 0.5) is 5.69 Å². The Morgan fingerprint density at radius 1 is 1.14 bits per heavy atom. The smallest absolute Gasteiger partial charge is 0.250 e. The van der Waals surface area contributed by atoms with Crippen LogP contribution in [-0.4, -0.2) is 29.2 Å². The van der Waals surface area contributed by atoms with E-state index in [0.29, 0.717) is 22.4 Å². The molecule has 7 heteroatoms. The summed E-state index contributed by atoms with van der Waals surface area (Å²) in [6, 6.07) is 7.70. The third-order valence-corrected chi connectivity index (χ3v) is 8.77. The van der Waals surface area contributed by atoms with Crippen LogP contribution < -0.4 is 5.32 Å². The number of hydrogen-bond acceptors (Lipinski definition) is 4. The Kier molecular flexibility index (Phi) is 3.99. The van der Waals surface area contributed by atoms with Gasteiger partial charge in [-0.1, -0.05) is 29.3 Å². The van der Waals surface area contributed by atoms with Crippen LogP contribution in [0.5, 0.6) is 0 Å². The van der Waals surface area contributed by atoms with Crippen LogP contribution >= 0.6 is 34.5 Å². The van der Waals surface area contributed by atoms with Crippen molar-refractivity contribution in [1.29, 1.82) is 0 Å². The summed E-state index contributed by atoms with van der Waals surface area (Å²) in [5.41, 5.74) is 0.843. The number of thiophene rings is 1. The molecule has 4 nitrogen and oxygen atoms in total. The zero-order chi connectivity index (χ0) is 19.9. The molecule has 3 fully saturated rings. The molecule has 1 N–H and O–H groups in total. The SMILES string of the molecule is O=C1CC[C@H]2[C@@H]1[C@H](c1cc(Cl)cs1)[C@]1(C(=O)Nc3cc(Cl)ccc31)N2CC1CC1. The second kappa shape index (κ2) is 6.30. The number of hydrogen-bond donors (Lipinski definition) is 1. The predicted octanol–water partition coefficient (Wildman–Crippen LogP) is 5.06. The Hall–Kier alpha value is -1.40. The molecule has 3 heterocycles. The van der Waals surface area contributed by atoms with Crippen molar-refractivity contribution in [2.45, 2.75) is 43.2 Å². The van der Waals surface area contributed by atoms with Gasteiger partial charge in [-0.3, -0.25) is 14.5 Å². The number of anilines is 1. The molecule has 0 unspecified atom stereocenters. The quantitative estimate of drug-likeness (QED) is 0.716. The maximum atomic E-state index is 13.8. The van der Waals surface area contributed by atoms with Gasteiger partial charge in [-0.05, 0) is 43.4 Å². The first-order valence-electron chi connectivity index (χ1n) is 10.1. The predicted molar refractivity (Wildman–Crippen MR) is 115 cm³/mol. The lowest BCUT2D eigenvalue weighted by atomic mass is 9.73. The van der Waals surface area contributed by atoms with Crippen molar-refractivity contribution in [1.82, 2.24) is 4.90 Å². The van der Waals surface area contributed by atoms with Crippen LogP contribution in [0, 0.1) is 11.8 Å². The van der Waals surface area contributed by atoms with Gasteiger partial charge in [-0.15, -0.1) is 11.3 Å². The number of benzene rings is 1. The highest BCUT2D eigenvalue weighted by Gasteiger charge is 2.69. The Labute approximate surface area is 183 Å². The molecule has 2 aromatic rings. The van der Waals surface area contributed by atoms with E-state index < -0.39 is 5.54 Å². The van der Waals surface area contributed by atoms with Gasteiger partial charge in [0, 0.05) is 57.4 Å². The highest BCUT2D eigenvalue weighted by Crippen LogP contribution is 2.63. The van der Waals surface area contributed by atoms with Gasteiger partial charge in [0.2, 0.25) is 5.91 Å². The van der Waals surface area contributed by atoms with Crippen LogP contribution in [0.2, 0.25) is 10.0 Å². The zero-order valence-corrected chi connectivity index (χ0v) is 18.0. The van der Waals surface area contributed by atoms with E-state index in [2.05, 4.69) is 10.2 Å². The third-order valence-electron chi connectivity index (χ3n) is 7.17. The van der Waals surface area contributed by atoms with Crippen molar-refractivity contribution in [3.63, 3.8) is 0 Å². The molecular formula is C22H20Cl2N2O2S. The molecule has 2 aliphatic heterocycles. The van der Waals surface area contributed by atoms with E-state index in [9.17, 15) is 9.59 Å². The van der Waals surface area contributed by atoms with Crippen molar-refractivity contribution in [3.05, 3.63) is 50.1 Å². The maximum absolute atomic E-state index is 13.8. The highest BCUT2D eigenvalue weighted by molar-refractivity contribution is 7.10. The summed E-state index contributed by atoms with van der Waals surface area (Å²) < 4.78 is 0. The molecule has 2 saturated carbocycles. The number of amides is 1. The first-order chi connectivity index (χ1) is 14.0. The summed E-state index contributed by atoms with van der Waals surface area (Å²) in [4.78, 5) is 30.3. The standard InChI is InChI=1S/C22H20Cl2N2O2S/c23-12-3-4-14-15(7-12)25-21(28)22(14)20(18-8-13(24)10-29-18)19-16(5-6-17(19)27)26(22)9-11-1-2-11/h3-4,7-8,10-11,16,19-20H,1-2,5-6,9H2,(H,25,28)/t16-,19-,20-,22+/m0/s1. The number of carbonyl (C=O) groups excluding carboxylic acids is 2. The minimum absolute atomic E-state index is 0.0351. The van der Waals surface area contributed by atoms with Gasteiger partial charge in [0.05, 0.1) is 5.02 Å². The highest BCUT2D eigenvalue weighted by atomic mass is 35.5. The molecule has 150 valence electrons. The van der Waals surface area contributed by atoms with Gasteiger partial charge in [-0.2, -0.15) is 0 Å². The summed E-state index contributed by atoms with van der Waals surface area (Å²) in [5.74, 6) is 0.458. The van der Waals surface area contributed by atoms with E-state index in [1.165, 1.54) is 12.8 Å². The Morgan fingerprint density at radius 2 is 1.97 bits per heavy atom. The molecule has 29 heavy (non-hydrogen) atoms. The number of rotatable bonds is 3. The molecule has 0 bridgehead atoms. The lowest BCUT2D eigenvalue weighted by Crippen LogP contribution is -2.52. The average molecular weight is 447 g/mol. The number of nitrogens with one attached hydrogen (secondary N) is 1. The van der Waals surface area contributed by atoms with Gasteiger partial charge < -0.3 is 5.32 Å². The van der Waals surface area contributed by atoms with Gasteiger partial charge in [0.1, 0.15) is 11.3 Å². The normalized spacial score (nSPS) is 33.4. The third kappa shape index (κ3) is 2.48. The van der Waals surface area contributed by atoms with Crippen molar-refractivity contribution >= 4 is 51.9 Å². The Bertz CT molecular complexity index is 1050. The van der Waals surface area contributed by atoms with Crippen molar-refractivity contribution in [2.75, 3.05) is 11.9 Å². The second-order valence-electron chi connectivity index (χ2n) is 8.75. The van der Waals surface area contributed by atoms with Crippen molar-refractivity contribution < 1.29 is 9.59 Å². The Balaban J connectivity index is 1.62. The molecular weight excluding hydrogens is 427 g/mol. The largest absolute Gasteiger partial charge is 0.324 e. The van der Waals surface area contributed by atoms with Crippen molar-refractivity contribution in [3.8, 4) is 0 Å². The minimum Gasteiger partial charge on any atom is -0.324 e. The molecule has 1 saturated heterocycles. The minimum atomic E-state index is -0.873. The number of fused-ring (bicyclic) bond motifs is 3. The summed E-state index contributed by atoms with van der Waals surface area (Å²) in [5, 5.41) is 6.26. The fourth-order valence-electron chi connectivity index (χ4n) is 5.93. The molecule has 1 spiro atoms. The molecule has 0 radical (unpaired) electrons. The molecule has 1 aromatic carbocycles. The van der Waals surface area contributed by atoms with E-state index in [0.717, 1.165) is 29.1 Å². The van der Waals surface area contributed by atoms with Gasteiger partial charge in [0.25, 0.3) is 0 Å². The fourth-order valence-corrected chi connectivity index (χ4v) is 7.39. The molecule has 4 atom stereocenters. The molecule has 4 aliphatic rings. The lowest BCUT2D eigenvalue weighted by molar-refractivity contribution is -0.128. The van der Waals surface area contributed by atoms with E-state index in [-0.39, 0.29) is 29.6 Å². The zero-order valence-electron chi connectivity index (χ0n) is 15.7. The molecule has 1 amide bonds. The van der Waals surface area contributed by atoms with Crippen LogP contribution in [0.3, 0.4) is 0 Å². The first kappa shape index (κ1) is 18.4. The summed E-state index contributed by atoms with van der Waals surface area (Å²) in [7, 11) is 0. The van der Waals surface area contributed by atoms with Crippen LogP contribution in [0.15, 0.2) is 29.6 Å². The van der Waals surface area contributed by atoms with E-state index in [4.69, 9.17) is 23.2 Å². The first-order valence-corrected chi connectivity index (χ1v) is 11.8. The second-order valence-corrected chi connectivity index (χ2v) is 10.6. The summed E-state index contributed by atoms with van der Waals surface area (Å²) in [6.07, 6.45) is 3.81. The van der Waals surface area contributed by atoms with Gasteiger partial charge in [0.15, 0.2) is 0 Å². The van der Waals surface area contributed by atoms with Crippen molar-refractivity contribution in [2.24, 2.45) is 11.8 Å². The monoisotopic (exact) mass is 446 g/mol. The van der Waals surface area contributed by atoms with E-state index in [1.807, 2.05) is 29.6 Å². The maximum Gasteiger partial charge on any atom is 0.250 e. The summed E-state index contributed by atoms with van der Waals surface area (Å²) in [6.45, 7) is 0.861. The average Bonchev–Trinajstić information content (AvgIpc) is 3.02. The molecule has 1 aromatic heterocycles. The lowest BCUT2D eigenvalue weighted by Gasteiger charge is -2.39. The molecule has 6 rings (SSSR count). The number of Topliss-reactive ketones (excluding diaryl/α,β-unsaturated/α-hetero) is 1. The number of likely N-dealkylation sites (tertiary alicyclic amines) is 1. The van der Waals surface area contributed by atoms with Crippen LogP contribution in [-0.2, 0) is 15.1 Å². The van der Waals surface area contributed by atoms with E-state index >= 15 is 0 Å². The summed E-state index contributed by atoms with van der Waals surface area (Å²) >= 11 is 14.1. The fraction of sp³-hybridized carbons (Fsp3) is 0.455. The number of ketones is 1. The van der Waals surface area contributed by atoms with Crippen LogP contribution in [0.1, 0.15) is 42.0 Å². The number of carbonyl (C=O) groups is 2. The van der Waals surface area contributed by atoms with E-state index in [1.54, 1.807) is 11.3 Å². The Morgan fingerprint density at radius 3 is 2.69 bits per heavy atom. The van der Waals surface area contributed by atoms with Crippen LogP contribution in [0.25, 0.3) is 0 Å². The number of halogens is 2.